The Hall–Kier alpha value is 0.170. The third kappa shape index (κ3) is 6.04. The maximum Gasteiger partial charge on any atom is 0.408 e. The van der Waals surface area contributed by atoms with Gasteiger partial charge in [-0.3, -0.25) is 18.4 Å². The molecule has 0 unspecified atom stereocenters. The topological polar surface area (TPSA) is 52.6 Å². The molecule has 0 bridgehead atoms. The Kier molecular flexibility index (Phi) is 7.57. The summed E-state index contributed by atoms with van der Waals surface area (Å²) in [6.45, 7) is 8.88. The largest absolute Gasteiger partial charge is 0.408 e. The highest BCUT2D eigenvalue weighted by molar-refractivity contribution is 8.25. The van der Waals surface area contributed by atoms with E-state index in [1.807, 2.05) is 6.92 Å². The molecular weight excluding hydrogens is 247 g/mol. The Morgan fingerprint density at radius 1 is 1.19 bits per heavy atom. The fraction of sp³-hybridized carbons (Fsp3) is 0.900. The Balaban J connectivity index is 4.64. The second kappa shape index (κ2) is 7.49. The number of thioether (sulfide) groups is 1. The van der Waals surface area contributed by atoms with Gasteiger partial charge in [0, 0.05) is 5.75 Å². The van der Waals surface area contributed by atoms with Crippen molar-refractivity contribution in [2.24, 2.45) is 0 Å². The molecule has 0 fully saturated rings. The van der Waals surface area contributed by atoms with Gasteiger partial charge in [-0.25, -0.2) is 0 Å². The van der Waals surface area contributed by atoms with E-state index in [0.717, 1.165) is 18.2 Å². The minimum atomic E-state index is -3.63. The van der Waals surface area contributed by atoms with Gasteiger partial charge in [-0.15, -0.1) is 0 Å². The van der Waals surface area contributed by atoms with Crippen LogP contribution < -0.4 is 0 Å². The molecule has 4 nitrogen and oxygen atoms in total. The predicted octanol–water partition coefficient (Wildman–Crippen LogP) is 4.29. The first-order valence-corrected chi connectivity index (χ1v) is 7.98. The molecule has 0 aromatic heterocycles. The lowest BCUT2D eigenvalue weighted by atomic mass is 10.5. The van der Waals surface area contributed by atoms with Crippen molar-refractivity contribution in [1.29, 1.82) is 0 Å². The van der Waals surface area contributed by atoms with Crippen LogP contribution in [0.15, 0.2) is 0 Å². The second-order valence-corrected chi connectivity index (χ2v) is 7.11. The lowest BCUT2D eigenvalue weighted by molar-refractivity contribution is 0.146. The lowest BCUT2D eigenvalue weighted by Gasteiger charge is -2.20. The predicted molar refractivity (Wildman–Crippen MR) is 68.2 cm³/mol. The summed E-state index contributed by atoms with van der Waals surface area (Å²) in [7, 11) is -3.63. The molecule has 0 aliphatic heterocycles. The molecule has 0 amide bonds. The number of carbonyl (C=O) groups excluding carboxylic acids is 1. The van der Waals surface area contributed by atoms with Gasteiger partial charge in [0.2, 0.25) is 0 Å². The molecule has 0 radical (unpaired) electrons. The Morgan fingerprint density at radius 2 is 1.62 bits per heavy atom. The van der Waals surface area contributed by atoms with Crippen LogP contribution in [0.1, 0.15) is 41.0 Å². The molecule has 0 aliphatic rings. The van der Waals surface area contributed by atoms with E-state index in [1.165, 1.54) is 0 Å². The Bertz CT molecular complexity index is 252. The highest BCUT2D eigenvalue weighted by Gasteiger charge is 2.37. The SMILES string of the molecule is CCCSC(=O)P(=O)(OC(C)C)OC(C)C. The monoisotopic (exact) mass is 268 g/mol. The molecule has 0 rings (SSSR count). The van der Waals surface area contributed by atoms with Gasteiger partial charge in [0.15, 0.2) is 0 Å². The van der Waals surface area contributed by atoms with Crippen LogP contribution in [0.3, 0.4) is 0 Å². The van der Waals surface area contributed by atoms with Crippen molar-refractivity contribution in [2.45, 2.75) is 53.2 Å². The summed E-state index contributed by atoms with van der Waals surface area (Å²) in [4.78, 5) is 11.3. The normalized spacial score (nSPS) is 12.4. The summed E-state index contributed by atoms with van der Waals surface area (Å²) in [5.41, 5.74) is 0. The van der Waals surface area contributed by atoms with E-state index < -0.39 is 12.5 Å². The average molecular weight is 268 g/mol. The minimum Gasteiger partial charge on any atom is -0.300 e. The van der Waals surface area contributed by atoms with Crippen LogP contribution in [0.5, 0.6) is 0 Å². The van der Waals surface area contributed by atoms with E-state index >= 15 is 0 Å². The van der Waals surface area contributed by atoms with Gasteiger partial charge in [0.25, 0.3) is 0 Å². The zero-order chi connectivity index (χ0) is 12.8. The fourth-order valence-corrected chi connectivity index (χ4v) is 3.81. The molecule has 96 valence electrons. The van der Waals surface area contributed by atoms with Crippen molar-refractivity contribution in [3.8, 4) is 0 Å². The van der Waals surface area contributed by atoms with Crippen LogP contribution in [-0.2, 0) is 13.6 Å². The van der Waals surface area contributed by atoms with Crippen molar-refractivity contribution in [3.05, 3.63) is 0 Å². The van der Waals surface area contributed by atoms with Crippen LogP contribution in [0.4, 0.5) is 4.79 Å². The average Bonchev–Trinajstić information content (AvgIpc) is 2.11. The molecule has 0 atom stereocenters. The first kappa shape index (κ1) is 16.2. The lowest BCUT2D eigenvalue weighted by Crippen LogP contribution is -2.12. The van der Waals surface area contributed by atoms with Crippen LogP contribution in [0.2, 0.25) is 0 Å². The maximum absolute atomic E-state index is 12.2. The van der Waals surface area contributed by atoms with Crippen molar-refractivity contribution in [1.82, 2.24) is 0 Å². The number of hydrogen-bond donors (Lipinski definition) is 0. The van der Waals surface area contributed by atoms with Crippen LogP contribution in [0, 0.1) is 0 Å². The highest BCUT2D eigenvalue weighted by Crippen LogP contribution is 2.55. The van der Waals surface area contributed by atoms with E-state index in [0.29, 0.717) is 5.75 Å². The molecule has 0 spiro atoms. The molecule has 0 aromatic rings. The zero-order valence-electron chi connectivity index (χ0n) is 10.6. The van der Waals surface area contributed by atoms with E-state index in [2.05, 4.69) is 0 Å². The first-order valence-electron chi connectivity index (χ1n) is 5.46. The summed E-state index contributed by atoms with van der Waals surface area (Å²) in [6, 6.07) is 0. The molecule has 0 heterocycles. The highest BCUT2D eigenvalue weighted by atomic mass is 32.2. The maximum atomic E-state index is 12.2. The van der Waals surface area contributed by atoms with Crippen molar-refractivity contribution in [2.75, 3.05) is 5.75 Å². The Morgan fingerprint density at radius 3 is 1.94 bits per heavy atom. The second-order valence-electron chi connectivity index (χ2n) is 3.92. The van der Waals surface area contributed by atoms with Gasteiger partial charge in [0.1, 0.15) is 0 Å². The third-order valence-corrected chi connectivity index (χ3v) is 5.12. The fourth-order valence-electron chi connectivity index (χ4n) is 0.934. The summed E-state index contributed by atoms with van der Waals surface area (Å²) in [5, 5.41) is 0. The summed E-state index contributed by atoms with van der Waals surface area (Å²) >= 11 is 1.02. The van der Waals surface area contributed by atoms with Gasteiger partial charge in [-0.05, 0) is 34.1 Å². The third-order valence-electron chi connectivity index (χ3n) is 1.35. The zero-order valence-corrected chi connectivity index (χ0v) is 12.3. The summed E-state index contributed by atoms with van der Waals surface area (Å²) < 4.78 is 22.6. The van der Waals surface area contributed by atoms with Gasteiger partial charge >= 0.3 is 12.5 Å². The molecular formula is C10H21O4PS. The van der Waals surface area contributed by atoms with Crippen molar-refractivity contribution in [3.63, 3.8) is 0 Å². The number of carbonyl (C=O) groups is 1. The van der Waals surface area contributed by atoms with Crippen LogP contribution >= 0.6 is 19.4 Å². The molecule has 0 N–H and O–H groups in total. The molecule has 6 heteroatoms. The summed E-state index contributed by atoms with van der Waals surface area (Å²) in [6.07, 6.45) is 0.256. The van der Waals surface area contributed by atoms with Crippen LogP contribution in [0.25, 0.3) is 0 Å². The number of rotatable bonds is 7. The van der Waals surface area contributed by atoms with Gasteiger partial charge < -0.3 is 0 Å². The first-order chi connectivity index (χ1) is 7.31. The van der Waals surface area contributed by atoms with E-state index in [9.17, 15) is 9.36 Å². The van der Waals surface area contributed by atoms with Crippen molar-refractivity contribution < 1.29 is 18.4 Å². The molecule has 0 aliphatic carbocycles. The van der Waals surface area contributed by atoms with Gasteiger partial charge in [0.05, 0.1) is 12.2 Å². The Labute approximate surface area is 102 Å². The van der Waals surface area contributed by atoms with Gasteiger partial charge in [-0.2, -0.15) is 0 Å². The van der Waals surface area contributed by atoms with Crippen molar-refractivity contribution >= 4 is 24.2 Å². The van der Waals surface area contributed by atoms with Crippen LogP contribution in [-0.4, -0.2) is 22.8 Å². The quantitative estimate of drug-likeness (QED) is 0.644. The molecule has 0 saturated carbocycles. The molecule has 0 aromatic carbocycles. The van der Waals surface area contributed by atoms with E-state index in [-0.39, 0.29) is 12.2 Å². The van der Waals surface area contributed by atoms with E-state index in [1.54, 1.807) is 27.7 Å². The smallest absolute Gasteiger partial charge is 0.300 e. The minimum absolute atomic E-state index is 0.296. The van der Waals surface area contributed by atoms with Gasteiger partial charge in [-0.1, -0.05) is 18.7 Å². The number of hydrogen-bond acceptors (Lipinski definition) is 5. The molecule has 0 saturated heterocycles. The standard InChI is InChI=1S/C10H21O4PS/c1-6-7-16-10(11)15(12,13-8(2)3)14-9(4)5/h8-9H,6-7H2,1-5H3. The van der Waals surface area contributed by atoms with E-state index in [4.69, 9.17) is 9.05 Å². The summed E-state index contributed by atoms with van der Waals surface area (Å²) in [5.74, 6) is 0.631. The molecule has 16 heavy (non-hydrogen) atoms.